The Morgan fingerprint density at radius 1 is 1.43 bits per heavy atom. The van der Waals surface area contributed by atoms with Crippen LogP contribution in [0.25, 0.3) is 21.3 Å². The molecule has 0 saturated carbocycles. The van der Waals surface area contributed by atoms with E-state index in [0.29, 0.717) is 10.6 Å². The molecule has 3 nitrogen and oxygen atoms in total. The number of thiophene rings is 1. The summed E-state index contributed by atoms with van der Waals surface area (Å²) in [5.41, 5.74) is 3.66. The third kappa shape index (κ3) is 2.57. The lowest BCUT2D eigenvalue weighted by atomic mass is 10.0. The number of aromatic carboxylic acids is 1. The maximum atomic E-state index is 11.5. The fourth-order valence-corrected chi connectivity index (χ4v) is 4.14. The number of aromatic amines is 1. The number of thioether (sulfide) groups is 1. The highest BCUT2D eigenvalue weighted by atomic mass is 35.5. The van der Waals surface area contributed by atoms with E-state index in [0.717, 1.165) is 27.1 Å². The van der Waals surface area contributed by atoms with Crippen LogP contribution in [0.15, 0.2) is 29.6 Å². The first-order valence-corrected chi connectivity index (χ1v) is 8.87. The van der Waals surface area contributed by atoms with Crippen molar-refractivity contribution in [2.24, 2.45) is 0 Å². The molecule has 0 amide bonds. The molecule has 0 fully saturated rings. The molecule has 3 aromatic rings. The minimum absolute atomic E-state index is 0.213. The fraction of sp³-hybridized carbons (Fsp3) is 0.133. The molecule has 21 heavy (non-hydrogen) atoms. The molecular formula is C15H12ClNO2S2. The molecule has 2 N–H and O–H groups in total. The van der Waals surface area contributed by atoms with Crippen LogP contribution in [0.2, 0.25) is 5.02 Å². The Morgan fingerprint density at radius 3 is 2.90 bits per heavy atom. The normalized spacial score (nSPS) is 11.1. The van der Waals surface area contributed by atoms with Crippen molar-refractivity contribution in [3.8, 4) is 11.1 Å². The fourth-order valence-electron chi connectivity index (χ4n) is 2.32. The topological polar surface area (TPSA) is 53.1 Å². The minimum atomic E-state index is -0.960. The van der Waals surface area contributed by atoms with Crippen molar-refractivity contribution in [2.75, 3.05) is 6.26 Å². The zero-order valence-corrected chi connectivity index (χ0v) is 13.5. The average molecular weight is 338 g/mol. The van der Waals surface area contributed by atoms with Crippen LogP contribution in [-0.4, -0.2) is 22.3 Å². The van der Waals surface area contributed by atoms with Crippen LogP contribution in [0.1, 0.15) is 16.1 Å². The van der Waals surface area contributed by atoms with Gasteiger partial charge in [0.25, 0.3) is 0 Å². The number of H-pyrrole nitrogens is 1. The zero-order chi connectivity index (χ0) is 15.0. The van der Waals surface area contributed by atoms with Gasteiger partial charge < -0.3 is 10.1 Å². The lowest BCUT2D eigenvalue weighted by Crippen LogP contribution is -1.99. The molecule has 0 atom stereocenters. The molecule has 1 aromatic carbocycles. The second-order valence-electron chi connectivity index (χ2n) is 4.58. The van der Waals surface area contributed by atoms with E-state index in [4.69, 9.17) is 11.6 Å². The Bertz CT molecular complexity index is 822. The number of nitrogens with one attached hydrogen (secondary N) is 1. The van der Waals surface area contributed by atoms with Gasteiger partial charge in [0.15, 0.2) is 0 Å². The van der Waals surface area contributed by atoms with Crippen LogP contribution < -0.4 is 0 Å². The molecule has 0 saturated heterocycles. The minimum Gasteiger partial charge on any atom is -0.477 e. The second-order valence-corrected chi connectivity index (χ2v) is 6.77. The van der Waals surface area contributed by atoms with Crippen LogP contribution in [0.4, 0.5) is 0 Å². The van der Waals surface area contributed by atoms with Crippen molar-refractivity contribution >= 4 is 50.9 Å². The highest BCUT2D eigenvalue weighted by Gasteiger charge is 2.20. The molecule has 0 aliphatic heterocycles. The number of hydrogen-bond acceptors (Lipinski definition) is 3. The largest absolute Gasteiger partial charge is 0.477 e. The third-order valence-electron chi connectivity index (χ3n) is 3.26. The predicted molar refractivity (Wildman–Crippen MR) is 90.8 cm³/mol. The molecule has 6 heteroatoms. The smallest absolute Gasteiger partial charge is 0.353 e. The standard InChI is InChI=1S/C15H12ClNO2S2/c1-20-7-9-3-2-8(6-10(9)16)12-13(15(18)19)17-11-4-5-21-14(11)12/h2-6,17H,7H2,1H3,(H,18,19). The van der Waals surface area contributed by atoms with Gasteiger partial charge in [-0.3, -0.25) is 0 Å². The lowest BCUT2D eigenvalue weighted by Gasteiger charge is -2.06. The van der Waals surface area contributed by atoms with Gasteiger partial charge in [-0.1, -0.05) is 23.7 Å². The van der Waals surface area contributed by atoms with Crippen molar-refractivity contribution in [3.63, 3.8) is 0 Å². The molecule has 108 valence electrons. The predicted octanol–water partition coefficient (Wildman–Crippen LogP) is 5.11. The van der Waals surface area contributed by atoms with E-state index in [1.165, 1.54) is 11.3 Å². The van der Waals surface area contributed by atoms with Gasteiger partial charge in [0.05, 0.1) is 10.2 Å². The SMILES string of the molecule is CSCc1ccc(-c2c(C(=O)O)[nH]c3ccsc23)cc1Cl. The highest BCUT2D eigenvalue weighted by Crippen LogP contribution is 2.37. The van der Waals surface area contributed by atoms with Gasteiger partial charge in [0.1, 0.15) is 5.69 Å². The van der Waals surface area contributed by atoms with Crippen LogP contribution in [0, 0.1) is 0 Å². The summed E-state index contributed by atoms with van der Waals surface area (Å²) in [6.45, 7) is 0. The summed E-state index contributed by atoms with van der Waals surface area (Å²) in [6.07, 6.45) is 2.02. The molecule has 2 aromatic heterocycles. The first-order valence-electron chi connectivity index (χ1n) is 6.22. The van der Waals surface area contributed by atoms with E-state index in [9.17, 15) is 9.90 Å². The summed E-state index contributed by atoms with van der Waals surface area (Å²) in [7, 11) is 0. The lowest BCUT2D eigenvalue weighted by molar-refractivity contribution is 0.0692. The summed E-state index contributed by atoms with van der Waals surface area (Å²) in [6, 6.07) is 7.64. The molecule has 0 spiro atoms. The van der Waals surface area contributed by atoms with E-state index in [2.05, 4.69) is 4.98 Å². The van der Waals surface area contributed by atoms with Crippen molar-refractivity contribution in [1.82, 2.24) is 4.98 Å². The average Bonchev–Trinajstić information content (AvgIpc) is 3.01. The summed E-state index contributed by atoms with van der Waals surface area (Å²) < 4.78 is 0.945. The van der Waals surface area contributed by atoms with Crippen LogP contribution in [-0.2, 0) is 5.75 Å². The Kier molecular flexibility index (Phi) is 3.97. The molecular weight excluding hydrogens is 326 g/mol. The summed E-state index contributed by atoms with van der Waals surface area (Å²) in [4.78, 5) is 14.4. The molecule has 2 heterocycles. The number of hydrogen-bond donors (Lipinski definition) is 2. The maximum Gasteiger partial charge on any atom is 0.353 e. The van der Waals surface area contributed by atoms with E-state index >= 15 is 0 Å². The first-order chi connectivity index (χ1) is 10.1. The van der Waals surface area contributed by atoms with E-state index in [1.54, 1.807) is 11.8 Å². The highest BCUT2D eigenvalue weighted by molar-refractivity contribution is 7.97. The monoisotopic (exact) mass is 337 g/mol. The van der Waals surface area contributed by atoms with Gasteiger partial charge in [-0.2, -0.15) is 11.8 Å². The summed E-state index contributed by atoms with van der Waals surface area (Å²) in [5, 5.41) is 12.0. The maximum absolute atomic E-state index is 11.5. The number of aromatic nitrogens is 1. The van der Waals surface area contributed by atoms with Gasteiger partial charge in [-0.15, -0.1) is 11.3 Å². The van der Waals surface area contributed by atoms with Crippen molar-refractivity contribution in [3.05, 3.63) is 45.9 Å². The summed E-state index contributed by atoms with van der Waals surface area (Å²) >= 11 is 9.54. The Labute approximate surface area is 134 Å². The van der Waals surface area contributed by atoms with Crippen molar-refractivity contribution < 1.29 is 9.90 Å². The Morgan fingerprint density at radius 2 is 2.24 bits per heavy atom. The van der Waals surface area contributed by atoms with E-state index < -0.39 is 5.97 Å². The van der Waals surface area contributed by atoms with Crippen LogP contribution in [0.5, 0.6) is 0 Å². The number of benzene rings is 1. The first kappa shape index (κ1) is 14.5. The molecule has 0 unspecified atom stereocenters. The number of carbonyl (C=O) groups is 1. The van der Waals surface area contributed by atoms with E-state index in [1.807, 2.05) is 35.9 Å². The quantitative estimate of drug-likeness (QED) is 0.695. The van der Waals surface area contributed by atoms with Crippen molar-refractivity contribution in [1.29, 1.82) is 0 Å². The van der Waals surface area contributed by atoms with Gasteiger partial charge in [0, 0.05) is 16.3 Å². The molecule has 0 bridgehead atoms. The van der Waals surface area contributed by atoms with E-state index in [-0.39, 0.29) is 5.69 Å². The second kappa shape index (κ2) is 5.75. The van der Waals surface area contributed by atoms with Crippen LogP contribution >= 0.6 is 34.7 Å². The number of fused-ring (bicyclic) bond motifs is 1. The number of rotatable bonds is 4. The van der Waals surface area contributed by atoms with Gasteiger partial charge in [0.2, 0.25) is 0 Å². The van der Waals surface area contributed by atoms with Gasteiger partial charge in [-0.05, 0) is 34.9 Å². The molecule has 0 aliphatic rings. The molecule has 3 rings (SSSR count). The number of carboxylic acid groups (broad SMARTS) is 1. The zero-order valence-electron chi connectivity index (χ0n) is 11.1. The molecule has 0 radical (unpaired) electrons. The molecule has 0 aliphatic carbocycles. The number of halogens is 1. The Balaban J connectivity index is 2.19. The van der Waals surface area contributed by atoms with Gasteiger partial charge in [-0.25, -0.2) is 4.79 Å². The number of carboxylic acids is 1. The Hall–Kier alpha value is -1.43. The third-order valence-corrected chi connectivity index (χ3v) is 5.14. The van der Waals surface area contributed by atoms with Crippen molar-refractivity contribution in [2.45, 2.75) is 5.75 Å². The van der Waals surface area contributed by atoms with Crippen LogP contribution in [0.3, 0.4) is 0 Å². The summed E-state index contributed by atoms with van der Waals surface area (Å²) in [5.74, 6) is -0.121. The van der Waals surface area contributed by atoms with Gasteiger partial charge >= 0.3 is 5.97 Å².